The standard InChI is InChI=1S/C17H15N3O2/c1-11-8-9-14(18-10-11)19-17(21)15-12(2)22-20-16(15)13-6-4-3-5-7-13/h3-10H,1-2H3,(H,18,19,21)/p+1. The van der Waals surface area contributed by atoms with Gasteiger partial charge in [0.05, 0.1) is 6.20 Å². The van der Waals surface area contributed by atoms with Crippen LogP contribution in [0, 0.1) is 13.8 Å². The smallest absolute Gasteiger partial charge is 0.344 e. The van der Waals surface area contributed by atoms with Crippen molar-refractivity contribution in [2.24, 2.45) is 0 Å². The number of carbonyl (C=O) groups is 1. The quantitative estimate of drug-likeness (QED) is 0.807. The van der Waals surface area contributed by atoms with Crippen LogP contribution in [0.5, 0.6) is 0 Å². The predicted octanol–water partition coefficient (Wildman–Crippen LogP) is 3.02. The maximum Gasteiger partial charge on any atom is 0.344 e. The minimum absolute atomic E-state index is 0.252. The molecule has 110 valence electrons. The number of rotatable bonds is 3. The normalized spacial score (nSPS) is 10.5. The van der Waals surface area contributed by atoms with Gasteiger partial charge in [0.1, 0.15) is 17.0 Å². The Hall–Kier alpha value is -2.95. The molecule has 22 heavy (non-hydrogen) atoms. The van der Waals surface area contributed by atoms with E-state index < -0.39 is 0 Å². The molecule has 5 nitrogen and oxygen atoms in total. The second-order valence-corrected chi connectivity index (χ2v) is 5.06. The van der Waals surface area contributed by atoms with E-state index in [1.807, 2.05) is 55.6 Å². The molecule has 0 atom stereocenters. The lowest BCUT2D eigenvalue weighted by molar-refractivity contribution is -0.361. The Kier molecular flexibility index (Phi) is 3.70. The number of benzene rings is 1. The highest BCUT2D eigenvalue weighted by Crippen LogP contribution is 2.25. The number of aryl methyl sites for hydroxylation is 2. The van der Waals surface area contributed by atoms with Crippen molar-refractivity contribution in [2.75, 3.05) is 5.32 Å². The highest BCUT2D eigenvalue weighted by molar-refractivity contribution is 6.08. The van der Waals surface area contributed by atoms with Crippen molar-refractivity contribution >= 4 is 11.7 Å². The van der Waals surface area contributed by atoms with Crippen molar-refractivity contribution < 1.29 is 14.3 Å². The van der Waals surface area contributed by atoms with Crippen molar-refractivity contribution in [1.29, 1.82) is 0 Å². The summed E-state index contributed by atoms with van der Waals surface area (Å²) in [4.78, 5) is 15.6. The van der Waals surface area contributed by atoms with E-state index in [1.165, 1.54) is 0 Å². The fourth-order valence-electron chi connectivity index (χ4n) is 2.20. The van der Waals surface area contributed by atoms with Gasteiger partial charge in [0.2, 0.25) is 0 Å². The summed E-state index contributed by atoms with van der Waals surface area (Å²) in [6.45, 7) is 3.70. The first-order chi connectivity index (χ1) is 10.6. The van der Waals surface area contributed by atoms with Gasteiger partial charge in [-0.05, 0) is 25.5 Å². The average Bonchev–Trinajstić information content (AvgIpc) is 2.92. The number of hydrogen-bond donors (Lipinski definition) is 1. The Labute approximate surface area is 128 Å². The van der Waals surface area contributed by atoms with Crippen LogP contribution in [0.2, 0.25) is 0 Å². The first kappa shape index (κ1) is 14.0. The Morgan fingerprint density at radius 1 is 1.14 bits per heavy atom. The number of pyridine rings is 1. The first-order valence-corrected chi connectivity index (χ1v) is 6.96. The SMILES string of the molecule is Cc1ccc(NC(=O)c2c(-c3ccccc3)noc2C)[nH+]c1. The summed E-state index contributed by atoms with van der Waals surface area (Å²) in [5.74, 6) is 0.858. The monoisotopic (exact) mass is 294 g/mol. The minimum atomic E-state index is -0.252. The number of H-pyrrole nitrogens is 1. The molecule has 0 aliphatic heterocycles. The highest BCUT2D eigenvalue weighted by atomic mass is 16.5. The van der Waals surface area contributed by atoms with Gasteiger partial charge in [0.15, 0.2) is 0 Å². The molecule has 3 aromatic rings. The summed E-state index contributed by atoms with van der Waals surface area (Å²) in [5.41, 5.74) is 2.92. The second kappa shape index (κ2) is 5.81. The molecule has 0 aliphatic rings. The van der Waals surface area contributed by atoms with Gasteiger partial charge < -0.3 is 4.52 Å². The molecule has 0 aliphatic carbocycles. The molecule has 2 heterocycles. The number of anilines is 1. The minimum Gasteiger partial charge on any atom is -0.360 e. The van der Waals surface area contributed by atoms with Crippen LogP contribution < -0.4 is 10.3 Å². The number of nitrogens with one attached hydrogen (secondary N) is 2. The largest absolute Gasteiger partial charge is 0.360 e. The van der Waals surface area contributed by atoms with Crippen molar-refractivity contribution in [3.63, 3.8) is 0 Å². The van der Waals surface area contributed by atoms with Crippen molar-refractivity contribution in [3.8, 4) is 11.3 Å². The summed E-state index contributed by atoms with van der Waals surface area (Å²) in [6, 6.07) is 13.2. The molecule has 1 aromatic carbocycles. The Morgan fingerprint density at radius 3 is 2.59 bits per heavy atom. The molecule has 5 heteroatoms. The third-order valence-corrected chi connectivity index (χ3v) is 3.35. The summed E-state index contributed by atoms with van der Waals surface area (Å²) in [7, 11) is 0. The van der Waals surface area contributed by atoms with E-state index in [0.717, 1.165) is 11.1 Å². The van der Waals surface area contributed by atoms with E-state index >= 15 is 0 Å². The number of amides is 1. The van der Waals surface area contributed by atoms with Crippen molar-refractivity contribution in [3.05, 3.63) is 65.5 Å². The number of nitrogens with zero attached hydrogens (tertiary/aromatic N) is 1. The zero-order valence-corrected chi connectivity index (χ0v) is 12.4. The van der Waals surface area contributed by atoms with Crippen LogP contribution in [-0.2, 0) is 0 Å². The van der Waals surface area contributed by atoms with Gasteiger partial charge in [0.25, 0.3) is 5.82 Å². The lowest BCUT2D eigenvalue weighted by atomic mass is 10.1. The van der Waals surface area contributed by atoms with Gasteiger partial charge >= 0.3 is 5.91 Å². The summed E-state index contributed by atoms with van der Waals surface area (Å²) in [6.07, 6.45) is 1.83. The molecule has 0 unspecified atom stereocenters. The summed E-state index contributed by atoms with van der Waals surface area (Å²) in [5, 5.41) is 6.84. The molecule has 2 aromatic heterocycles. The molecule has 0 saturated heterocycles. The van der Waals surface area contributed by atoms with Gasteiger partial charge in [0, 0.05) is 11.6 Å². The maximum absolute atomic E-state index is 12.5. The van der Waals surface area contributed by atoms with Crippen LogP contribution in [0.15, 0.2) is 53.2 Å². The van der Waals surface area contributed by atoms with Gasteiger partial charge in [-0.2, -0.15) is 0 Å². The fraction of sp³-hybridized carbons (Fsp3) is 0.118. The van der Waals surface area contributed by atoms with Crippen LogP contribution in [0.3, 0.4) is 0 Å². The second-order valence-electron chi connectivity index (χ2n) is 5.06. The zero-order valence-electron chi connectivity index (χ0n) is 12.4. The molecule has 0 bridgehead atoms. The third-order valence-electron chi connectivity index (χ3n) is 3.35. The van der Waals surface area contributed by atoms with Gasteiger partial charge in [-0.1, -0.05) is 35.5 Å². The van der Waals surface area contributed by atoms with E-state index in [4.69, 9.17) is 4.52 Å². The van der Waals surface area contributed by atoms with Gasteiger partial charge in [-0.15, -0.1) is 0 Å². The van der Waals surface area contributed by atoms with Crippen molar-refractivity contribution in [2.45, 2.75) is 13.8 Å². The Balaban J connectivity index is 1.93. The number of aromatic amines is 1. The van der Waals surface area contributed by atoms with E-state index in [2.05, 4.69) is 15.5 Å². The van der Waals surface area contributed by atoms with E-state index in [-0.39, 0.29) is 5.91 Å². The van der Waals surface area contributed by atoms with Crippen LogP contribution in [0.1, 0.15) is 21.7 Å². The molecule has 0 fully saturated rings. The molecular formula is C17H16N3O2+. The molecule has 2 N–H and O–H groups in total. The van der Waals surface area contributed by atoms with E-state index in [9.17, 15) is 4.79 Å². The Morgan fingerprint density at radius 2 is 1.91 bits per heavy atom. The average molecular weight is 294 g/mol. The van der Waals surface area contributed by atoms with Gasteiger partial charge in [-0.3, -0.25) is 0 Å². The first-order valence-electron chi connectivity index (χ1n) is 6.96. The highest BCUT2D eigenvalue weighted by Gasteiger charge is 2.25. The molecule has 0 saturated carbocycles. The van der Waals surface area contributed by atoms with Gasteiger partial charge in [-0.25, -0.2) is 15.1 Å². The molecule has 0 radical (unpaired) electrons. The molecule has 1 amide bonds. The number of hydrogen-bond acceptors (Lipinski definition) is 3. The van der Waals surface area contributed by atoms with E-state index in [0.29, 0.717) is 22.8 Å². The zero-order chi connectivity index (χ0) is 15.5. The summed E-state index contributed by atoms with van der Waals surface area (Å²) >= 11 is 0. The van der Waals surface area contributed by atoms with E-state index in [1.54, 1.807) is 6.92 Å². The molecule has 0 spiro atoms. The molecule has 3 rings (SSSR count). The third kappa shape index (κ3) is 2.74. The van der Waals surface area contributed by atoms with Crippen LogP contribution in [0.4, 0.5) is 5.82 Å². The summed E-state index contributed by atoms with van der Waals surface area (Å²) < 4.78 is 5.21. The topological polar surface area (TPSA) is 69.3 Å². The predicted molar refractivity (Wildman–Crippen MR) is 82.4 cm³/mol. The van der Waals surface area contributed by atoms with Crippen LogP contribution in [0.25, 0.3) is 11.3 Å². The fourth-order valence-corrected chi connectivity index (χ4v) is 2.20. The van der Waals surface area contributed by atoms with Crippen LogP contribution >= 0.6 is 0 Å². The lowest BCUT2D eigenvalue weighted by Gasteiger charge is -2.00. The number of carbonyl (C=O) groups excluding carboxylic acids is 1. The van der Waals surface area contributed by atoms with Crippen molar-refractivity contribution in [1.82, 2.24) is 5.16 Å². The molecular weight excluding hydrogens is 278 g/mol. The number of aromatic nitrogens is 2. The van der Waals surface area contributed by atoms with Crippen LogP contribution in [-0.4, -0.2) is 11.1 Å². The Bertz CT molecular complexity index is 793. The lowest BCUT2D eigenvalue weighted by Crippen LogP contribution is -2.20. The maximum atomic E-state index is 12.5.